The predicted octanol–water partition coefficient (Wildman–Crippen LogP) is -1.37. The number of nitrogens with zero attached hydrogens (tertiary/aromatic N) is 2. The van der Waals surface area contributed by atoms with Gasteiger partial charge in [0.15, 0.2) is 0 Å². The lowest BCUT2D eigenvalue weighted by Gasteiger charge is -2.31. The monoisotopic (exact) mass is 356 g/mol. The fourth-order valence-electron chi connectivity index (χ4n) is 3.39. The zero-order valence-electron chi connectivity index (χ0n) is 14.7. The second-order valence-corrected chi connectivity index (χ2v) is 8.87. The Kier molecular flexibility index (Phi) is 5.10. The maximum absolute atomic E-state index is 12.7. The molecule has 0 amide bonds. The van der Waals surface area contributed by atoms with Crippen LogP contribution < -0.4 is 14.8 Å². The summed E-state index contributed by atoms with van der Waals surface area (Å²) in [6.07, 6.45) is 1.94. The van der Waals surface area contributed by atoms with Crippen LogP contribution in [0.1, 0.15) is 13.8 Å². The number of anilines is 1. The Morgan fingerprint density at radius 1 is 1.17 bits per heavy atom. The first-order chi connectivity index (χ1) is 11.4. The highest BCUT2D eigenvalue weighted by molar-refractivity contribution is 7.89. The van der Waals surface area contributed by atoms with Gasteiger partial charge in [-0.1, -0.05) is 0 Å². The molecule has 24 heavy (non-hydrogen) atoms. The molecule has 2 aliphatic rings. The van der Waals surface area contributed by atoms with Crippen molar-refractivity contribution in [2.45, 2.75) is 31.0 Å². The van der Waals surface area contributed by atoms with Crippen LogP contribution in [0.15, 0.2) is 23.2 Å². The van der Waals surface area contributed by atoms with E-state index >= 15 is 0 Å². The molecule has 2 saturated heterocycles. The number of aromatic nitrogens is 1. The second kappa shape index (κ2) is 6.95. The molecule has 0 spiro atoms. The molecule has 2 N–H and O–H groups in total. The molecule has 1 aromatic heterocycles. The van der Waals surface area contributed by atoms with Gasteiger partial charge in [0, 0.05) is 6.07 Å². The van der Waals surface area contributed by atoms with Crippen LogP contribution in [-0.4, -0.2) is 71.2 Å². The van der Waals surface area contributed by atoms with E-state index in [1.165, 1.54) is 4.90 Å². The summed E-state index contributed by atoms with van der Waals surface area (Å²) in [5.74, 6) is 0.929. The van der Waals surface area contributed by atoms with E-state index in [1.54, 1.807) is 16.6 Å². The van der Waals surface area contributed by atoms with Crippen LogP contribution in [-0.2, 0) is 14.8 Å². The normalized spacial score (nSPS) is 27.4. The van der Waals surface area contributed by atoms with Gasteiger partial charge in [-0.05, 0) is 19.9 Å². The molecule has 2 fully saturated rings. The molecule has 7 nitrogen and oxygen atoms in total. The van der Waals surface area contributed by atoms with Gasteiger partial charge in [-0.15, -0.1) is 0 Å². The summed E-state index contributed by atoms with van der Waals surface area (Å²) in [5.41, 5.74) is 0. The standard InChI is InChI=1S/C16H26N4O3S/c1-13-11-19(12-14(2)23-13)16-5-4-15(10-17-16)24(21,22)20-8-6-18(3)7-9-20/h4-5,10,13-14H,6-9,11-12H2,1-3H3/p+2/t13-,14-/m1/s1. The molecule has 0 unspecified atom stereocenters. The van der Waals surface area contributed by atoms with E-state index in [2.05, 4.69) is 30.8 Å². The first-order valence-corrected chi connectivity index (χ1v) is 10.0. The maximum Gasteiger partial charge on any atom is 0.274 e. The lowest BCUT2D eigenvalue weighted by molar-refractivity contribution is -0.883. The summed E-state index contributed by atoms with van der Waals surface area (Å²) in [6.45, 7) is 8.56. The van der Waals surface area contributed by atoms with Crippen LogP contribution in [0.4, 0.5) is 5.82 Å². The number of rotatable bonds is 3. The molecule has 3 heterocycles. The zero-order valence-corrected chi connectivity index (χ0v) is 15.5. The molecule has 0 saturated carbocycles. The molecule has 8 heteroatoms. The van der Waals surface area contributed by atoms with Gasteiger partial charge in [-0.3, -0.25) is 4.90 Å². The van der Waals surface area contributed by atoms with Crippen LogP contribution in [0.3, 0.4) is 0 Å². The average molecular weight is 356 g/mol. The van der Waals surface area contributed by atoms with Crippen molar-refractivity contribution in [2.75, 3.05) is 51.2 Å². The number of likely N-dealkylation sites (N-methyl/N-ethyl adjacent to an activating group) is 1. The molecule has 2 atom stereocenters. The summed E-state index contributed by atoms with van der Waals surface area (Å²) >= 11 is 0. The van der Waals surface area contributed by atoms with Crippen molar-refractivity contribution in [1.29, 1.82) is 0 Å². The van der Waals surface area contributed by atoms with Crippen LogP contribution >= 0.6 is 0 Å². The van der Waals surface area contributed by atoms with Crippen LogP contribution in [0.25, 0.3) is 0 Å². The highest BCUT2D eigenvalue weighted by atomic mass is 32.2. The molecule has 0 aliphatic carbocycles. The van der Waals surface area contributed by atoms with Gasteiger partial charge >= 0.3 is 0 Å². The van der Waals surface area contributed by atoms with Crippen LogP contribution in [0, 0.1) is 0 Å². The minimum Gasteiger partial charge on any atom is -0.367 e. The molecule has 134 valence electrons. The number of morpholine rings is 1. The minimum absolute atomic E-state index is 0.165. The number of quaternary nitrogens is 1. The van der Waals surface area contributed by atoms with E-state index in [9.17, 15) is 8.42 Å². The van der Waals surface area contributed by atoms with Gasteiger partial charge in [-0.2, -0.15) is 4.31 Å². The molecule has 0 aromatic carbocycles. The summed E-state index contributed by atoms with van der Waals surface area (Å²) in [4.78, 5) is 7.07. The number of hydrogen-bond acceptors (Lipinski definition) is 4. The lowest BCUT2D eigenvalue weighted by atomic mass is 10.2. The Bertz CT molecular complexity index is 646. The highest BCUT2D eigenvalue weighted by Crippen LogP contribution is 2.19. The third kappa shape index (κ3) is 3.72. The number of piperazine rings is 1. The molecule has 0 bridgehead atoms. The van der Waals surface area contributed by atoms with Crippen molar-refractivity contribution < 1.29 is 23.0 Å². The second-order valence-electron chi connectivity index (χ2n) is 6.93. The van der Waals surface area contributed by atoms with Crippen LogP contribution in [0.5, 0.6) is 0 Å². The number of hydrogen-bond donors (Lipinski definition) is 1. The fraction of sp³-hybridized carbons (Fsp3) is 0.688. The average Bonchev–Trinajstić information content (AvgIpc) is 2.54. The van der Waals surface area contributed by atoms with E-state index < -0.39 is 10.0 Å². The summed E-state index contributed by atoms with van der Waals surface area (Å²) in [6, 6.07) is 3.57. The van der Waals surface area contributed by atoms with Crippen molar-refractivity contribution >= 4 is 15.8 Å². The first kappa shape index (κ1) is 17.6. The summed E-state index contributed by atoms with van der Waals surface area (Å²) in [7, 11) is -1.31. The molecule has 2 aliphatic heterocycles. The van der Waals surface area contributed by atoms with Gasteiger partial charge in [0.1, 0.15) is 24.2 Å². The molecule has 3 rings (SSSR count). The Hall–Kier alpha value is -1.22. The Balaban J connectivity index is 1.74. The quantitative estimate of drug-likeness (QED) is 0.726. The Morgan fingerprint density at radius 3 is 2.33 bits per heavy atom. The third-order valence-corrected chi connectivity index (χ3v) is 6.64. The predicted molar refractivity (Wildman–Crippen MR) is 90.6 cm³/mol. The largest absolute Gasteiger partial charge is 0.367 e. The van der Waals surface area contributed by atoms with Gasteiger partial charge in [0.2, 0.25) is 10.0 Å². The fourth-order valence-corrected chi connectivity index (χ4v) is 4.80. The Morgan fingerprint density at radius 2 is 1.79 bits per heavy atom. The number of ether oxygens (including phenoxy) is 1. The number of pyridine rings is 1. The van der Waals surface area contributed by atoms with E-state index in [0.29, 0.717) is 18.0 Å². The van der Waals surface area contributed by atoms with E-state index in [0.717, 1.165) is 32.0 Å². The smallest absolute Gasteiger partial charge is 0.274 e. The van der Waals surface area contributed by atoms with Crippen molar-refractivity contribution in [3.8, 4) is 0 Å². The van der Waals surface area contributed by atoms with Crippen molar-refractivity contribution in [3.05, 3.63) is 18.3 Å². The van der Waals surface area contributed by atoms with Gasteiger partial charge in [0.25, 0.3) is 5.82 Å². The number of H-pyrrole nitrogens is 1. The van der Waals surface area contributed by atoms with Gasteiger partial charge < -0.3 is 9.64 Å². The molecule has 1 aromatic rings. The van der Waals surface area contributed by atoms with Crippen molar-refractivity contribution in [2.24, 2.45) is 0 Å². The van der Waals surface area contributed by atoms with Gasteiger partial charge in [-0.25, -0.2) is 13.4 Å². The number of nitrogens with one attached hydrogen (secondary N) is 2. The van der Waals surface area contributed by atoms with E-state index in [-0.39, 0.29) is 12.2 Å². The SMILES string of the molecule is C[C@@H]1CN(c2ccc(S(=O)(=O)N3CC[NH+](C)CC3)c[nH+]2)C[C@@H](C)O1. The maximum atomic E-state index is 12.7. The molecule has 0 radical (unpaired) electrons. The Labute approximate surface area is 144 Å². The highest BCUT2D eigenvalue weighted by Gasteiger charge is 2.32. The lowest BCUT2D eigenvalue weighted by Crippen LogP contribution is -3.12. The first-order valence-electron chi connectivity index (χ1n) is 8.60. The zero-order chi connectivity index (χ0) is 17.3. The van der Waals surface area contributed by atoms with E-state index in [4.69, 9.17) is 4.74 Å². The minimum atomic E-state index is -3.41. The summed E-state index contributed by atoms with van der Waals surface area (Å²) < 4.78 is 32.8. The summed E-state index contributed by atoms with van der Waals surface area (Å²) in [5, 5.41) is 0. The number of aromatic amines is 1. The van der Waals surface area contributed by atoms with Crippen LogP contribution in [0.2, 0.25) is 0 Å². The van der Waals surface area contributed by atoms with Crippen molar-refractivity contribution in [1.82, 2.24) is 4.31 Å². The van der Waals surface area contributed by atoms with Gasteiger partial charge in [0.05, 0.1) is 45.4 Å². The van der Waals surface area contributed by atoms with Crippen molar-refractivity contribution in [3.63, 3.8) is 0 Å². The topological polar surface area (TPSA) is 68.4 Å². The molecular formula is C16H28N4O3S+2. The molecular weight excluding hydrogens is 328 g/mol. The third-order valence-electron chi connectivity index (χ3n) is 4.74. The van der Waals surface area contributed by atoms with E-state index in [1.807, 2.05) is 6.07 Å². The number of sulfonamides is 1.